The molecule has 2 aromatic rings. The number of benzene rings is 1. The molecular weight excluding hydrogens is 410 g/mol. The Hall–Kier alpha value is -2.15. The van der Waals surface area contributed by atoms with Crippen molar-refractivity contribution in [2.24, 2.45) is 11.8 Å². The van der Waals surface area contributed by atoms with Gasteiger partial charge in [-0.1, -0.05) is 39.8 Å². The van der Waals surface area contributed by atoms with Gasteiger partial charge in [-0.2, -0.15) is 0 Å². The van der Waals surface area contributed by atoms with E-state index in [-0.39, 0.29) is 30.0 Å². The number of carbonyl (C=O) groups is 2. The second-order valence-corrected chi connectivity index (χ2v) is 8.14. The number of hydrogen-bond donors (Lipinski definition) is 1. The normalized spacial score (nSPS) is 11.1. The van der Waals surface area contributed by atoms with Gasteiger partial charge in [-0.3, -0.25) is 9.59 Å². The van der Waals surface area contributed by atoms with E-state index >= 15 is 0 Å². The van der Waals surface area contributed by atoms with E-state index in [0.29, 0.717) is 30.5 Å². The van der Waals surface area contributed by atoms with Crippen molar-refractivity contribution in [1.29, 1.82) is 0 Å². The molecule has 2 amide bonds. The average Bonchev–Trinajstić information content (AvgIpc) is 3.07. The second kappa shape index (κ2) is 9.69. The first-order valence-electron chi connectivity index (χ1n) is 9.04. The first-order chi connectivity index (χ1) is 12.8. The first-order valence-corrected chi connectivity index (χ1v) is 9.83. The highest BCUT2D eigenvalue weighted by molar-refractivity contribution is 9.10. The minimum atomic E-state index is -0.272. The third-order valence-electron chi connectivity index (χ3n) is 3.76. The summed E-state index contributed by atoms with van der Waals surface area (Å²) in [6.07, 6.45) is 1.33. The Morgan fingerprint density at radius 2 is 1.89 bits per heavy atom. The molecule has 146 valence electrons. The Morgan fingerprint density at radius 1 is 1.19 bits per heavy atom. The van der Waals surface area contributed by atoms with Crippen LogP contribution in [0.25, 0.3) is 0 Å². The van der Waals surface area contributed by atoms with E-state index in [4.69, 9.17) is 4.42 Å². The summed E-state index contributed by atoms with van der Waals surface area (Å²) in [7, 11) is 0. The van der Waals surface area contributed by atoms with E-state index in [2.05, 4.69) is 26.2 Å². The molecule has 0 radical (unpaired) electrons. The SMILES string of the molecule is CC(C)CNC(=O)c1coc(CN(CC(C)C)C(=O)c2ccccc2Br)n1. The Bertz CT molecular complexity index is 786. The molecule has 0 aliphatic heterocycles. The summed E-state index contributed by atoms with van der Waals surface area (Å²) in [6.45, 7) is 9.45. The monoisotopic (exact) mass is 435 g/mol. The van der Waals surface area contributed by atoms with Gasteiger partial charge in [-0.05, 0) is 39.9 Å². The summed E-state index contributed by atoms with van der Waals surface area (Å²) in [5, 5.41) is 2.81. The van der Waals surface area contributed by atoms with Crippen molar-refractivity contribution in [3.63, 3.8) is 0 Å². The van der Waals surface area contributed by atoms with Crippen LogP contribution >= 0.6 is 15.9 Å². The zero-order valence-corrected chi connectivity index (χ0v) is 17.7. The fraction of sp³-hybridized carbons (Fsp3) is 0.450. The topological polar surface area (TPSA) is 75.4 Å². The van der Waals surface area contributed by atoms with Crippen LogP contribution in [0.15, 0.2) is 39.4 Å². The average molecular weight is 436 g/mol. The van der Waals surface area contributed by atoms with E-state index < -0.39 is 0 Å². The molecule has 0 fully saturated rings. The van der Waals surface area contributed by atoms with Crippen molar-refractivity contribution in [2.45, 2.75) is 34.2 Å². The van der Waals surface area contributed by atoms with Gasteiger partial charge in [-0.25, -0.2) is 4.98 Å². The van der Waals surface area contributed by atoms with Crippen molar-refractivity contribution in [1.82, 2.24) is 15.2 Å². The number of amides is 2. The summed E-state index contributed by atoms with van der Waals surface area (Å²) in [6, 6.07) is 7.31. The van der Waals surface area contributed by atoms with Crippen LogP contribution in [0.4, 0.5) is 0 Å². The lowest BCUT2D eigenvalue weighted by Gasteiger charge is -2.23. The van der Waals surface area contributed by atoms with Gasteiger partial charge in [-0.15, -0.1) is 0 Å². The molecule has 0 atom stereocenters. The van der Waals surface area contributed by atoms with Crippen molar-refractivity contribution in [2.75, 3.05) is 13.1 Å². The zero-order chi connectivity index (χ0) is 20.0. The lowest BCUT2D eigenvalue weighted by Crippen LogP contribution is -2.34. The number of halogens is 1. The molecule has 0 spiro atoms. The third-order valence-corrected chi connectivity index (χ3v) is 4.45. The third kappa shape index (κ3) is 6.20. The van der Waals surface area contributed by atoms with Gasteiger partial charge < -0.3 is 14.6 Å². The van der Waals surface area contributed by atoms with Gasteiger partial charge in [0.2, 0.25) is 5.89 Å². The molecule has 0 bridgehead atoms. The number of nitrogens with one attached hydrogen (secondary N) is 1. The summed E-state index contributed by atoms with van der Waals surface area (Å²) in [5.41, 5.74) is 0.808. The maximum atomic E-state index is 13.0. The predicted octanol–water partition coefficient (Wildman–Crippen LogP) is 4.12. The number of rotatable bonds is 8. The molecule has 0 saturated heterocycles. The highest BCUT2D eigenvalue weighted by Gasteiger charge is 2.22. The van der Waals surface area contributed by atoms with Crippen LogP contribution in [0.3, 0.4) is 0 Å². The van der Waals surface area contributed by atoms with E-state index in [1.54, 1.807) is 11.0 Å². The summed E-state index contributed by atoms with van der Waals surface area (Å²) < 4.78 is 6.18. The summed E-state index contributed by atoms with van der Waals surface area (Å²) in [5.74, 6) is 0.584. The lowest BCUT2D eigenvalue weighted by molar-refractivity contribution is 0.0705. The van der Waals surface area contributed by atoms with E-state index in [1.807, 2.05) is 45.9 Å². The minimum Gasteiger partial charge on any atom is -0.446 e. The maximum absolute atomic E-state index is 13.0. The molecule has 27 heavy (non-hydrogen) atoms. The molecule has 1 aromatic heterocycles. The molecule has 0 aliphatic carbocycles. The predicted molar refractivity (Wildman–Crippen MR) is 107 cm³/mol. The number of nitrogens with zero attached hydrogens (tertiary/aromatic N) is 2. The van der Waals surface area contributed by atoms with Crippen LogP contribution in [-0.4, -0.2) is 34.8 Å². The number of aromatic nitrogens is 1. The van der Waals surface area contributed by atoms with Gasteiger partial charge in [0.15, 0.2) is 5.69 Å². The standard InChI is InChI=1S/C20H26BrN3O3/c1-13(2)9-22-19(25)17-12-27-18(23-17)11-24(10-14(3)4)20(26)15-7-5-6-8-16(15)21/h5-8,12-14H,9-11H2,1-4H3,(H,22,25). The summed E-state index contributed by atoms with van der Waals surface area (Å²) in [4.78, 5) is 31.0. The van der Waals surface area contributed by atoms with Crippen molar-refractivity contribution in [3.05, 3.63) is 52.1 Å². The van der Waals surface area contributed by atoms with Crippen LogP contribution in [0.1, 0.15) is 54.4 Å². The quantitative estimate of drug-likeness (QED) is 0.676. The molecule has 0 unspecified atom stereocenters. The number of carbonyl (C=O) groups excluding carboxylic acids is 2. The van der Waals surface area contributed by atoms with Gasteiger partial charge in [0.1, 0.15) is 6.26 Å². The van der Waals surface area contributed by atoms with Crippen LogP contribution in [0.5, 0.6) is 0 Å². The highest BCUT2D eigenvalue weighted by Crippen LogP contribution is 2.20. The molecule has 1 N–H and O–H groups in total. The Balaban J connectivity index is 2.14. The highest BCUT2D eigenvalue weighted by atomic mass is 79.9. The number of oxazole rings is 1. The van der Waals surface area contributed by atoms with Gasteiger partial charge in [0, 0.05) is 17.6 Å². The minimum absolute atomic E-state index is 0.111. The van der Waals surface area contributed by atoms with E-state index in [9.17, 15) is 9.59 Å². The molecule has 0 saturated carbocycles. The summed E-state index contributed by atoms with van der Waals surface area (Å²) >= 11 is 3.43. The van der Waals surface area contributed by atoms with Crippen LogP contribution in [-0.2, 0) is 6.54 Å². The molecule has 6 nitrogen and oxygen atoms in total. The van der Waals surface area contributed by atoms with Gasteiger partial charge >= 0.3 is 0 Å². The number of hydrogen-bond acceptors (Lipinski definition) is 4. The van der Waals surface area contributed by atoms with Gasteiger partial charge in [0.05, 0.1) is 12.1 Å². The molecule has 2 rings (SSSR count). The van der Waals surface area contributed by atoms with Gasteiger partial charge in [0.25, 0.3) is 11.8 Å². The lowest BCUT2D eigenvalue weighted by atomic mass is 10.1. The fourth-order valence-electron chi connectivity index (χ4n) is 2.50. The van der Waals surface area contributed by atoms with Crippen LogP contribution < -0.4 is 5.32 Å². The molecule has 7 heteroatoms. The second-order valence-electron chi connectivity index (χ2n) is 7.29. The largest absolute Gasteiger partial charge is 0.446 e. The Labute approximate surface area is 168 Å². The van der Waals surface area contributed by atoms with E-state index in [0.717, 1.165) is 4.47 Å². The van der Waals surface area contributed by atoms with Crippen LogP contribution in [0, 0.1) is 11.8 Å². The zero-order valence-electron chi connectivity index (χ0n) is 16.2. The van der Waals surface area contributed by atoms with Crippen molar-refractivity contribution in [3.8, 4) is 0 Å². The smallest absolute Gasteiger partial charge is 0.273 e. The van der Waals surface area contributed by atoms with Crippen LogP contribution in [0.2, 0.25) is 0 Å². The molecule has 0 aliphatic rings. The van der Waals surface area contributed by atoms with E-state index in [1.165, 1.54) is 6.26 Å². The first kappa shape index (κ1) is 21.2. The maximum Gasteiger partial charge on any atom is 0.273 e. The molecular formula is C20H26BrN3O3. The molecule has 1 heterocycles. The Morgan fingerprint density at radius 3 is 2.52 bits per heavy atom. The fourth-order valence-corrected chi connectivity index (χ4v) is 2.96. The molecule has 1 aromatic carbocycles. The van der Waals surface area contributed by atoms with Crippen molar-refractivity contribution < 1.29 is 14.0 Å². The van der Waals surface area contributed by atoms with Crippen molar-refractivity contribution >= 4 is 27.7 Å². The Kier molecular flexibility index (Phi) is 7.59.